The van der Waals surface area contributed by atoms with Crippen LogP contribution in [-0.4, -0.2) is 43.2 Å². The molecule has 1 aromatic carbocycles. The Hall–Kier alpha value is -1.30. The van der Waals surface area contributed by atoms with Crippen LogP contribution in [0.1, 0.15) is 25.3 Å². The first-order valence-electron chi connectivity index (χ1n) is 6.94. The molecule has 3 N–H and O–H groups in total. The molecule has 0 aliphatic carbocycles. The minimum absolute atomic E-state index is 0.0480. The van der Waals surface area contributed by atoms with Gasteiger partial charge in [-0.25, -0.2) is 0 Å². The first kappa shape index (κ1) is 15.1. The van der Waals surface area contributed by atoms with Crippen LogP contribution in [0.5, 0.6) is 11.5 Å². The summed E-state index contributed by atoms with van der Waals surface area (Å²) < 4.78 is 10.7. The van der Waals surface area contributed by atoms with Gasteiger partial charge >= 0.3 is 0 Å². The van der Waals surface area contributed by atoms with Gasteiger partial charge in [0.05, 0.1) is 25.4 Å². The monoisotopic (exact) mass is 281 g/mol. The molecule has 5 heteroatoms. The molecule has 0 amide bonds. The van der Waals surface area contributed by atoms with Crippen LogP contribution < -0.4 is 10.1 Å². The van der Waals surface area contributed by atoms with Gasteiger partial charge in [0.1, 0.15) is 0 Å². The lowest BCUT2D eigenvalue weighted by atomic mass is 9.92. The van der Waals surface area contributed by atoms with Crippen LogP contribution in [0.25, 0.3) is 0 Å². The first-order chi connectivity index (χ1) is 9.59. The van der Waals surface area contributed by atoms with Crippen molar-refractivity contribution in [2.24, 2.45) is 0 Å². The number of hydrogen-bond acceptors (Lipinski definition) is 5. The molecule has 2 rings (SSSR count). The third-order valence-electron chi connectivity index (χ3n) is 3.88. The normalized spacial score (nSPS) is 21.6. The topological polar surface area (TPSA) is 71.0 Å². The number of aromatic hydroxyl groups is 1. The van der Waals surface area contributed by atoms with E-state index in [9.17, 15) is 10.2 Å². The molecule has 0 bridgehead atoms. The molecule has 1 saturated heterocycles. The molecular weight excluding hydrogens is 258 g/mol. The van der Waals surface area contributed by atoms with Crippen LogP contribution in [0.4, 0.5) is 0 Å². The minimum atomic E-state index is -0.590. The van der Waals surface area contributed by atoms with E-state index >= 15 is 0 Å². The van der Waals surface area contributed by atoms with Gasteiger partial charge in [0, 0.05) is 13.2 Å². The highest BCUT2D eigenvalue weighted by molar-refractivity contribution is 5.44. The van der Waals surface area contributed by atoms with Gasteiger partial charge in [-0.05, 0) is 37.5 Å². The van der Waals surface area contributed by atoms with E-state index in [1.807, 2.05) is 6.92 Å². The number of hydrogen-bond donors (Lipinski definition) is 3. The Labute approximate surface area is 119 Å². The van der Waals surface area contributed by atoms with Crippen molar-refractivity contribution in [3.63, 3.8) is 0 Å². The number of phenolic OH excluding ortho intramolecular Hbond substituents is 1. The smallest absolute Gasteiger partial charge is 0.160 e. The average Bonchev–Trinajstić information content (AvgIpc) is 2.98. The van der Waals surface area contributed by atoms with E-state index in [0.29, 0.717) is 12.3 Å². The first-order valence-corrected chi connectivity index (χ1v) is 6.94. The predicted octanol–water partition coefficient (Wildman–Crippen LogP) is 1.38. The Morgan fingerprint density at radius 3 is 2.90 bits per heavy atom. The molecule has 20 heavy (non-hydrogen) atoms. The van der Waals surface area contributed by atoms with Crippen molar-refractivity contribution in [3.05, 3.63) is 23.8 Å². The second kappa shape index (κ2) is 6.43. The van der Waals surface area contributed by atoms with Gasteiger partial charge in [-0.1, -0.05) is 6.07 Å². The average molecular weight is 281 g/mol. The van der Waals surface area contributed by atoms with Crippen molar-refractivity contribution in [2.45, 2.75) is 31.4 Å². The van der Waals surface area contributed by atoms with E-state index in [4.69, 9.17) is 9.47 Å². The molecule has 2 atom stereocenters. The van der Waals surface area contributed by atoms with Crippen LogP contribution in [0.2, 0.25) is 0 Å². The highest BCUT2D eigenvalue weighted by atomic mass is 16.5. The Morgan fingerprint density at radius 1 is 1.50 bits per heavy atom. The maximum atomic E-state index is 9.74. The molecule has 1 aromatic rings. The molecular formula is C15H23NO4. The molecule has 0 spiro atoms. The maximum Gasteiger partial charge on any atom is 0.160 e. The molecule has 5 nitrogen and oxygen atoms in total. The zero-order chi connectivity index (χ0) is 14.6. The number of rotatable bonds is 6. The molecule has 2 unspecified atom stereocenters. The maximum absolute atomic E-state index is 9.74. The van der Waals surface area contributed by atoms with Crippen molar-refractivity contribution < 1.29 is 19.7 Å². The zero-order valence-corrected chi connectivity index (χ0v) is 12.1. The van der Waals surface area contributed by atoms with Crippen LogP contribution in [-0.2, 0) is 10.3 Å². The number of nitrogens with one attached hydrogen (secondary N) is 1. The third-order valence-corrected chi connectivity index (χ3v) is 3.88. The zero-order valence-electron chi connectivity index (χ0n) is 12.1. The van der Waals surface area contributed by atoms with Gasteiger partial charge in [0.2, 0.25) is 0 Å². The van der Waals surface area contributed by atoms with Gasteiger partial charge in [-0.3, -0.25) is 0 Å². The Kier molecular flexibility index (Phi) is 4.86. The van der Waals surface area contributed by atoms with Crippen molar-refractivity contribution in [1.29, 1.82) is 0 Å². The van der Waals surface area contributed by atoms with Crippen molar-refractivity contribution >= 4 is 0 Å². The summed E-state index contributed by atoms with van der Waals surface area (Å²) in [6.07, 6.45) is 2.35. The number of methoxy groups -OCH3 is 1. The summed E-state index contributed by atoms with van der Waals surface area (Å²) in [4.78, 5) is 0. The van der Waals surface area contributed by atoms with Crippen molar-refractivity contribution in [3.8, 4) is 11.5 Å². The summed E-state index contributed by atoms with van der Waals surface area (Å²) >= 11 is 0. The molecule has 112 valence electrons. The van der Waals surface area contributed by atoms with E-state index in [1.165, 1.54) is 7.11 Å². The summed E-state index contributed by atoms with van der Waals surface area (Å²) in [5.74, 6) is 0.497. The quantitative estimate of drug-likeness (QED) is 0.735. The fourth-order valence-corrected chi connectivity index (χ4v) is 2.41. The molecule has 1 aliphatic rings. The summed E-state index contributed by atoms with van der Waals surface area (Å²) in [6, 6.07) is 5.11. The van der Waals surface area contributed by atoms with Gasteiger partial charge in [0.15, 0.2) is 11.5 Å². The van der Waals surface area contributed by atoms with Gasteiger partial charge in [0.25, 0.3) is 0 Å². The summed E-state index contributed by atoms with van der Waals surface area (Å²) in [6.45, 7) is 3.39. The summed E-state index contributed by atoms with van der Waals surface area (Å²) in [5, 5.41) is 22.7. The predicted molar refractivity (Wildman–Crippen MR) is 76.1 cm³/mol. The second-order valence-electron chi connectivity index (χ2n) is 5.39. The SMILES string of the molecule is COc1cc(C(C)(CO)NCC2CCCO2)ccc1O. The number of aliphatic hydroxyl groups excluding tert-OH is 1. The lowest BCUT2D eigenvalue weighted by Gasteiger charge is -2.31. The van der Waals surface area contributed by atoms with Crippen LogP contribution in [0, 0.1) is 0 Å². The minimum Gasteiger partial charge on any atom is -0.504 e. The van der Waals surface area contributed by atoms with E-state index in [2.05, 4.69) is 5.32 Å². The summed E-state index contributed by atoms with van der Waals surface area (Å²) in [5.41, 5.74) is 0.278. The standard InChI is InChI=1S/C15H23NO4/c1-15(10-17,16-9-12-4-3-7-20-12)11-5-6-13(18)14(8-11)19-2/h5-6,8,12,16-18H,3-4,7,9-10H2,1-2H3. The number of phenols is 1. The third kappa shape index (κ3) is 3.23. The Bertz CT molecular complexity index is 445. The van der Waals surface area contributed by atoms with Crippen LogP contribution in [0.15, 0.2) is 18.2 Å². The molecule has 1 aliphatic heterocycles. The van der Waals surface area contributed by atoms with Crippen molar-refractivity contribution in [2.75, 3.05) is 26.9 Å². The number of ether oxygens (including phenoxy) is 2. The molecule has 0 saturated carbocycles. The molecule has 1 fully saturated rings. The number of benzene rings is 1. The van der Waals surface area contributed by atoms with Crippen molar-refractivity contribution in [1.82, 2.24) is 5.32 Å². The van der Waals surface area contributed by atoms with E-state index in [-0.39, 0.29) is 18.5 Å². The highest BCUT2D eigenvalue weighted by Crippen LogP contribution is 2.31. The lowest BCUT2D eigenvalue weighted by molar-refractivity contribution is 0.0909. The van der Waals surface area contributed by atoms with Gasteiger partial charge < -0.3 is 25.0 Å². The van der Waals surface area contributed by atoms with Crippen LogP contribution in [0.3, 0.4) is 0 Å². The van der Waals surface area contributed by atoms with E-state index in [0.717, 1.165) is 25.0 Å². The van der Waals surface area contributed by atoms with Gasteiger partial charge in [-0.15, -0.1) is 0 Å². The molecule has 1 heterocycles. The Morgan fingerprint density at radius 2 is 2.30 bits per heavy atom. The second-order valence-corrected chi connectivity index (χ2v) is 5.39. The van der Waals surface area contributed by atoms with Gasteiger partial charge in [-0.2, -0.15) is 0 Å². The molecule has 0 aromatic heterocycles. The fraction of sp³-hybridized carbons (Fsp3) is 0.600. The highest BCUT2D eigenvalue weighted by Gasteiger charge is 2.28. The number of aliphatic hydroxyl groups is 1. The Balaban J connectivity index is 2.11. The lowest BCUT2D eigenvalue weighted by Crippen LogP contribution is -2.46. The fourth-order valence-electron chi connectivity index (χ4n) is 2.41. The summed E-state index contributed by atoms with van der Waals surface area (Å²) in [7, 11) is 1.51. The van der Waals surface area contributed by atoms with E-state index < -0.39 is 5.54 Å². The largest absolute Gasteiger partial charge is 0.504 e. The van der Waals surface area contributed by atoms with Crippen LogP contribution >= 0.6 is 0 Å². The van der Waals surface area contributed by atoms with E-state index in [1.54, 1.807) is 18.2 Å². The molecule has 0 radical (unpaired) electrons.